The van der Waals surface area contributed by atoms with Crippen molar-refractivity contribution in [3.63, 3.8) is 0 Å². The number of aromatic nitrogens is 2. The van der Waals surface area contributed by atoms with E-state index in [0.717, 1.165) is 22.2 Å². The first-order valence-corrected chi connectivity index (χ1v) is 6.76. The summed E-state index contributed by atoms with van der Waals surface area (Å²) < 4.78 is 0. The normalized spacial score (nSPS) is 11.7. The fourth-order valence-corrected chi connectivity index (χ4v) is 2.22. The van der Waals surface area contributed by atoms with Crippen LogP contribution < -0.4 is 11.1 Å². The maximum absolute atomic E-state index is 12.1. The average molecular weight is 317 g/mol. The lowest BCUT2D eigenvalue weighted by Crippen LogP contribution is -2.37. The Morgan fingerprint density at radius 2 is 2.00 bits per heavy atom. The maximum atomic E-state index is 12.1. The number of amides is 1. The van der Waals surface area contributed by atoms with Crippen molar-refractivity contribution in [2.45, 2.75) is 12.5 Å². The summed E-state index contributed by atoms with van der Waals surface area (Å²) in [7, 11) is 0. The monoisotopic (exact) mass is 316 g/mol. The number of carbonyl (C=O) groups is 1. The van der Waals surface area contributed by atoms with Gasteiger partial charge in [-0.3, -0.25) is 9.89 Å². The topological polar surface area (TPSA) is 83.8 Å². The quantitative estimate of drug-likeness (QED) is 0.691. The van der Waals surface area contributed by atoms with E-state index < -0.39 is 6.04 Å². The highest BCUT2D eigenvalue weighted by Crippen LogP contribution is 2.17. The molecule has 3 rings (SSSR count). The molecule has 1 atom stereocenters. The zero-order valence-corrected chi connectivity index (χ0v) is 12.6. The second-order valence-corrected chi connectivity index (χ2v) is 4.96. The molecule has 0 aliphatic heterocycles. The summed E-state index contributed by atoms with van der Waals surface area (Å²) in [6.45, 7) is 0. The van der Waals surface area contributed by atoms with E-state index in [-0.39, 0.29) is 18.3 Å². The van der Waals surface area contributed by atoms with Gasteiger partial charge in [0, 0.05) is 11.1 Å². The third-order valence-corrected chi connectivity index (χ3v) is 3.34. The molecule has 1 amide bonds. The van der Waals surface area contributed by atoms with Crippen LogP contribution in [0.2, 0.25) is 0 Å². The number of hydrogen-bond donors (Lipinski definition) is 3. The molecule has 0 bridgehead atoms. The smallest absolute Gasteiger partial charge is 0.241 e. The molecule has 22 heavy (non-hydrogen) atoms. The van der Waals surface area contributed by atoms with Crippen molar-refractivity contribution in [2.75, 3.05) is 5.32 Å². The van der Waals surface area contributed by atoms with E-state index in [9.17, 15) is 4.79 Å². The van der Waals surface area contributed by atoms with Gasteiger partial charge in [0.05, 0.1) is 17.8 Å². The first kappa shape index (κ1) is 16.0. The first-order valence-electron chi connectivity index (χ1n) is 6.76. The molecule has 6 heteroatoms. The highest BCUT2D eigenvalue weighted by Gasteiger charge is 2.14. The van der Waals surface area contributed by atoms with Gasteiger partial charge in [0.1, 0.15) is 0 Å². The van der Waals surface area contributed by atoms with Crippen LogP contribution in [0.4, 0.5) is 5.69 Å². The lowest BCUT2D eigenvalue weighted by molar-refractivity contribution is -0.117. The molecule has 0 radical (unpaired) electrons. The van der Waals surface area contributed by atoms with Gasteiger partial charge < -0.3 is 11.1 Å². The summed E-state index contributed by atoms with van der Waals surface area (Å²) in [5.74, 6) is -0.193. The number of anilines is 1. The Balaban J connectivity index is 0.00000176. The number of H-pyrrole nitrogens is 1. The second kappa shape index (κ2) is 7.06. The van der Waals surface area contributed by atoms with Gasteiger partial charge in [-0.25, -0.2) is 0 Å². The Hall–Kier alpha value is -2.37. The van der Waals surface area contributed by atoms with Gasteiger partial charge in [0.25, 0.3) is 0 Å². The number of hydrogen-bond acceptors (Lipinski definition) is 3. The van der Waals surface area contributed by atoms with Crippen LogP contribution in [0.15, 0.2) is 54.7 Å². The minimum absolute atomic E-state index is 0. The molecular weight excluding hydrogens is 300 g/mol. The van der Waals surface area contributed by atoms with Crippen LogP contribution in [0.5, 0.6) is 0 Å². The van der Waals surface area contributed by atoms with Crippen LogP contribution in [-0.4, -0.2) is 22.1 Å². The van der Waals surface area contributed by atoms with Crippen molar-refractivity contribution in [2.24, 2.45) is 5.73 Å². The van der Waals surface area contributed by atoms with Crippen molar-refractivity contribution in [3.8, 4) is 0 Å². The van der Waals surface area contributed by atoms with E-state index >= 15 is 0 Å². The maximum Gasteiger partial charge on any atom is 0.241 e. The Morgan fingerprint density at radius 1 is 1.23 bits per heavy atom. The average Bonchev–Trinajstić information content (AvgIpc) is 2.95. The molecule has 0 fully saturated rings. The van der Waals surface area contributed by atoms with E-state index in [1.165, 1.54) is 0 Å². The Morgan fingerprint density at radius 3 is 2.77 bits per heavy atom. The van der Waals surface area contributed by atoms with Crippen molar-refractivity contribution in [3.05, 3.63) is 60.3 Å². The number of aromatic amines is 1. The van der Waals surface area contributed by atoms with E-state index in [2.05, 4.69) is 15.5 Å². The molecular formula is C16H17ClN4O. The van der Waals surface area contributed by atoms with Crippen LogP contribution in [-0.2, 0) is 11.2 Å². The molecule has 1 heterocycles. The second-order valence-electron chi connectivity index (χ2n) is 4.96. The van der Waals surface area contributed by atoms with E-state index in [4.69, 9.17) is 5.73 Å². The Bertz CT molecular complexity index is 757. The molecule has 0 aliphatic rings. The minimum Gasteiger partial charge on any atom is -0.325 e. The molecule has 0 aliphatic carbocycles. The van der Waals surface area contributed by atoms with Crippen molar-refractivity contribution < 1.29 is 4.79 Å². The van der Waals surface area contributed by atoms with Gasteiger partial charge in [-0.2, -0.15) is 5.10 Å². The van der Waals surface area contributed by atoms with Crippen LogP contribution >= 0.6 is 12.4 Å². The predicted molar refractivity (Wildman–Crippen MR) is 90.1 cm³/mol. The SMILES string of the molecule is Cl.NC(Cc1ccccc1)C(=O)Nc1ccc2[nH]ncc2c1. The summed E-state index contributed by atoms with van der Waals surface area (Å²) in [5, 5.41) is 10.6. The van der Waals surface area contributed by atoms with Crippen molar-refractivity contribution >= 4 is 34.9 Å². The first-order chi connectivity index (χ1) is 10.2. The number of nitrogens with zero attached hydrogens (tertiary/aromatic N) is 1. The highest BCUT2D eigenvalue weighted by molar-refractivity contribution is 5.96. The summed E-state index contributed by atoms with van der Waals surface area (Å²) in [6.07, 6.45) is 2.23. The standard InChI is InChI=1S/C16H16N4O.ClH/c17-14(8-11-4-2-1-3-5-11)16(21)19-13-6-7-15-12(9-13)10-18-20-15;/h1-7,9-10,14H,8,17H2,(H,18,20)(H,19,21);1H. The van der Waals surface area contributed by atoms with Gasteiger partial charge in [-0.1, -0.05) is 30.3 Å². The molecule has 0 saturated carbocycles. The molecule has 2 aromatic carbocycles. The molecule has 1 aromatic heterocycles. The molecule has 3 aromatic rings. The predicted octanol–water partition coefficient (Wildman–Crippen LogP) is 2.49. The summed E-state index contributed by atoms with van der Waals surface area (Å²) in [5.41, 5.74) is 8.66. The number of benzene rings is 2. The highest BCUT2D eigenvalue weighted by atomic mass is 35.5. The lowest BCUT2D eigenvalue weighted by atomic mass is 10.1. The van der Waals surface area contributed by atoms with Crippen molar-refractivity contribution in [1.29, 1.82) is 0 Å². The lowest BCUT2D eigenvalue weighted by Gasteiger charge is -2.12. The molecule has 1 unspecified atom stereocenters. The molecule has 5 nitrogen and oxygen atoms in total. The van der Waals surface area contributed by atoms with Crippen LogP contribution in [0.1, 0.15) is 5.56 Å². The zero-order valence-electron chi connectivity index (χ0n) is 11.8. The molecule has 114 valence electrons. The van der Waals surface area contributed by atoms with Gasteiger partial charge in [0.15, 0.2) is 0 Å². The Kier molecular flexibility index (Phi) is 5.14. The number of carbonyl (C=O) groups excluding carboxylic acids is 1. The number of halogens is 1. The third-order valence-electron chi connectivity index (χ3n) is 3.34. The van der Waals surface area contributed by atoms with Gasteiger partial charge in [-0.15, -0.1) is 12.4 Å². The minimum atomic E-state index is -0.576. The van der Waals surface area contributed by atoms with E-state index in [1.54, 1.807) is 6.20 Å². The van der Waals surface area contributed by atoms with E-state index in [0.29, 0.717) is 6.42 Å². The van der Waals surface area contributed by atoms with Crippen LogP contribution in [0, 0.1) is 0 Å². The van der Waals surface area contributed by atoms with Gasteiger partial charge >= 0.3 is 0 Å². The zero-order chi connectivity index (χ0) is 14.7. The Labute approximate surface area is 134 Å². The fraction of sp³-hybridized carbons (Fsp3) is 0.125. The largest absolute Gasteiger partial charge is 0.325 e. The molecule has 4 N–H and O–H groups in total. The summed E-state index contributed by atoms with van der Waals surface area (Å²) in [4.78, 5) is 12.1. The molecule has 0 spiro atoms. The number of fused-ring (bicyclic) bond motifs is 1. The third kappa shape index (κ3) is 3.63. The van der Waals surface area contributed by atoms with Crippen molar-refractivity contribution in [1.82, 2.24) is 10.2 Å². The fourth-order valence-electron chi connectivity index (χ4n) is 2.22. The van der Waals surface area contributed by atoms with Gasteiger partial charge in [-0.05, 0) is 30.2 Å². The number of rotatable bonds is 4. The summed E-state index contributed by atoms with van der Waals surface area (Å²) >= 11 is 0. The van der Waals surface area contributed by atoms with Crippen LogP contribution in [0.3, 0.4) is 0 Å². The van der Waals surface area contributed by atoms with Gasteiger partial charge in [0.2, 0.25) is 5.91 Å². The van der Waals surface area contributed by atoms with Crippen LogP contribution in [0.25, 0.3) is 10.9 Å². The summed E-state index contributed by atoms with van der Waals surface area (Å²) in [6, 6.07) is 14.7. The van der Waals surface area contributed by atoms with E-state index in [1.807, 2.05) is 48.5 Å². The molecule has 0 saturated heterocycles. The number of nitrogens with two attached hydrogens (primary N) is 1. The number of nitrogens with one attached hydrogen (secondary N) is 2.